The normalized spacial score (nSPS) is 15.2. The number of fused-ring (bicyclic) bond motifs is 1. The number of carbonyl (C=O) groups is 2. The Morgan fingerprint density at radius 2 is 1.97 bits per heavy atom. The van der Waals surface area contributed by atoms with Crippen molar-refractivity contribution < 1.29 is 27.6 Å². The molecule has 1 fully saturated rings. The number of benzene rings is 2. The number of imide groups is 1. The minimum Gasteiger partial charge on any atom is -0.391 e. The number of guanidine groups is 1. The molecule has 2 amide bonds. The molecule has 14 heteroatoms. The number of amides is 2. The first-order valence-corrected chi connectivity index (χ1v) is 11.5. The number of hydrogen-bond acceptors (Lipinski definition) is 6. The molecular weight excluding hydrogens is 521 g/mol. The van der Waals surface area contributed by atoms with Crippen LogP contribution in [0, 0.1) is 0 Å². The highest BCUT2D eigenvalue weighted by Gasteiger charge is 2.35. The fourth-order valence-electron chi connectivity index (χ4n) is 3.53. The van der Waals surface area contributed by atoms with Crippen LogP contribution >= 0.6 is 23.4 Å². The standard InChI is InChI=1S/C22H18ClF3N6O3S/c23-15-3-2-13(16(9-15)22(24,25)26)11-32-17-4-1-12(7-14(17)10-29-32)8-18-19(33)31(21(34)36-18)5-6-35-30-20(27)28/h1-4,7-10H,5-6,11H2,(H4,27,28,30)/b18-8-. The van der Waals surface area contributed by atoms with Gasteiger partial charge in [0.05, 0.1) is 35.3 Å². The van der Waals surface area contributed by atoms with Crippen LogP contribution in [0.5, 0.6) is 0 Å². The van der Waals surface area contributed by atoms with Crippen molar-refractivity contribution in [3.63, 3.8) is 0 Å². The van der Waals surface area contributed by atoms with Crippen LogP contribution < -0.4 is 11.5 Å². The van der Waals surface area contributed by atoms with Gasteiger partial charge >= 0.3 is 6.18 Å². The zero-order valence-electron chi connectivity index (χ0n) is 18.3. The highest BCUT2D eigenvalue weighted by atomic mass is 35.5. The molecule has 0 saturated carbocycles. The number of alkyl halides is 3. The predicted molar refractivity (Wildman–Crippen MR) is 130 cm³/mol. The molecule has 9 nitrogen and oxygen atoms in total. The summed E-state index contributed by atoms with van der Waals surface area (Å²) in [5.41, 5.74) is 10.7. The summed E-state index contributed by atoms with van der Waals surface area (Å²) in [6.07, 6.45) is -1.49. The first kappa shape index (κ1) is 25.4. The van der Waals surface area contributed by atoms with Crippen LogP contribution in [0.4, 0.5) is 18.0 Å². The van der Waals surface area contributed by atoms with Crippen LogP contribution in [0.25, 0.3) is 17.0 Å². The van der Waals surface area contributed by atoms with Crippen molar-refractivity contribution in [2.75, 3.05) is 13.2 Å². The largest absolute Gasteiger partial charge is 0.416 e. The Balaban J connectivity index is 1.53. The number of halogens is 4. The van der Waals surface area contributed by atoms with Crippen LogP contribution in [0.15, 0.2) is 52.7 Å². The third-order valence-corrected chi connectivity index (χ3v) is 6.25. The van der Waals surface area contributed by atoms with E-state index >= 15 is 0 Å². The van der Waals surface area contributed by atoms with Crippen LogP contribution in [-0.2, 0) is 22.4 Å². The average molecular weight is 539 g/mol. The van der Waals surface area contributed by atoms with Crippen molar-refractivity contribution in [1.29, 1.82) is 0 Å². The van der Waals surface area contributed by atoms with E-state index in [0.717, 1.165) is 22.7 Å². The number of nitrogens with two attached hydrogens (primary N) is 2. The molecule has 188 valence electrons. The van der Waals surface area contributed by atoms with E-state index in [9.17, 15) is 22.8 Å². The fourth-order valence-corrected chi connectivity index (χ4v) is 4.57. The van der Waals surface area contributed by atoms with Crippen LogP contribution in [0.1, 0.15) is 16.7 Å². The van der Waals surface area contributed by atoms with Crippen molar-refractivity contribution in [2.45, 2.75) is 12.7 Å². The van der Waals surface area contributed by atoms with Gasteiger partial charge in [0.2, 0.25) is 5.96 Å². The highest BCUT2D eigenvalue weighted by Crippen LogP contribution is 2.35. The second-order valence-corrected chi connectivity index (χ2v) is 9.03. The lowest BCUT2D eigenvalue weighted by molar-refractivity contribution is -0.138. The van der Waals surface area contributed by atoms with Crippen molar-refractivity contribution in [1.82, 2.24) is 14.7 Å². The topological polar surface area (TPSA) is 129 Å². The number of oxime groups is 1. The molecule has 0 atom stereocenters. The van der Waals surface area contributed by atoms with Crippen LogP contribution in [0.3, 0.4) is 0 Å². The number of aromatic nitrogens is 2. The Kier molecular flexibility index (Phi) is 7.13. The number of carbonyl (C=O) groups excluding carboxylic acids is 2. The molecule has 4 N–H and O–H groups in total. The van der Waals surface area contributed by atoms with Crippen LogP contribution in [-0.4, -0.2) is 44.9 Å². The summed E-state index contributed by atoms with van der Waals surface area (Å²) in [5, 5.41) is 7.73. The molecule has 0 bridgehead atoms. The summed E-state index contributed by atoms with van der Waals surface area (Å²) >= 11 is 6.54. The van der Waals surface area contributed by atoms with Crippen molar-refractivity contribution in [3.05, 3.63) is 69.2 Å². The van der Waals surface area contributed by atoms with Gasteiger partial charge in [-0.1, -0.05) is 23.7 Å². The van der Waals surface area contributed by atoms with E-state index in [1.807, 2.05) is 0 Å². The number of hydrogen-bond donors (Lipinski definition) is 2. The third-order valence-electron chi connectivity index (χ3n) is 5.11. The summed E-state index contributed by atoms with van der Waals surface area (Å²) in [4.78, 5) is 30.9. The zero-order chi connectivity index (χ0) is 26.0. The van der Waals surface area contributed by atoms with Gasteiger partial charge in [0, 0.05) is 10.4 Å². The third kappa shape index (κ3) is 5.57. The van der Waals surface area contributed by atoms with Gasteiger partial charge < -0.3 is 16.3 Å². The highest BCUT2D eigenvalue weighted by molar-refractivity contribution is 8.18. The number of rotatable bonds is 7. The lowest BCUT2D eigenvalue weighted by Gasteiger charge is -2.14. The van der Waals surface area contributed by atoms with Gasteiger partial charge in [-0.05, 0) is 58.4 Å². The molecule has 0 spiro atoms. The minimum atomic E-state index is -4.56. The number of thioether (sulfide) groups is 1. The Morgan fingerprint density at radius 3 is 2.69 bits per heavy atom. The maximum atomic E-state index is 13.4. The average Bonchev–Trinajstić information content (AvgIpc) is 3.31. The maximum Gasteiger partial charge on any atom is 0.416 e. The van der Waals surface area contributed by atoms with E-state index in [1.54, 1.807) is 24.3 Å². The molecule has 3 aromatic rings. The smallest absolute Gasteiger partial charge is 0.391 e. The maximum absolute atomic E-state index is 13.4. The summed E-state index contributed by atoms with van der Waals surface area (Å²) in [6.45, 7) is -0.219. The minimum absolute atomic E-state index is 0.00765. The monoisotopic (exact) mass is 538 g/mol. The quantitative estimate of drug-likeness (QED) is 0.153. The first-order chi connectivity index (χ1) is 17.0. The van der Waals surface area contributed by atoms with E-state index in [2.05, 4.69) is 10.3 Å². The van der Waals surface area contributed by atoms with Crippen molar-refractivity contribution in [3.8, 4) is 0 Å². The van der Waals surface area contributed by atoms with Gasteiger partial charge in [0.1, 0.15) is 6.61 Å². The molecule has 4 rings (SSSR count). The molecule has 1 aliphatic rings. The van der Waals surface area contributed by atoms with Crippen molar-refractivity contribution >= 4 is 57.4 Å². The van der Waals surface area contributed by atoms with Gasteiger partial charge in [-0.25, -0.2) is 0 Å². The van der Waals surface area contributed by atoms with Gasteiger partial charge in [-0.2, -0.15) is 18.3 Å². The van der Waals surface area contributed by atoms with E-state index in [0.29, 0.717) is 16.5 Å². The van der Waals surface area contributed by atoms with Gasteiger partial charge in [0.25, 0.3) is 11.1 Å². The Morgan fingerprint density at radius 1 is 1.19 bits per heavy atom. The molecule has 0 radical (unpaired) electrons. The van der Waals surface area contributed by atoms with E-state index in [4.69, 9.17) is 27.9 Å². The molecule has 1 aromatic heterocycles. The van der Waals surface area contributed by atoms with E-state index < -0.39 is 22.9 Å². The van der Waals surface area contributed by atoms with Gasteiger partial charge in [-0.15, -0.1) is 0 Å². The summed E-state index contributed by atoms with van der Waals surface area (Å²) in [6, 6.07) is 8.71. The van der Waals surface area contributed by atoms with Gasteiger partial charge in [-0.3, -0.25) is 19.2 Å². The Bertz CT molecular complexity index is 1400. The lowest BCUT2D eigenvalue weighted by Crippen LogP contribution is -2.31. The molecular formula is C22H18ClF3N6O3S. The van der Waals surface area contributed by atoms with E-state index in [1.165, 1.54) is 23.0 Å². The predicted octanol–water partition coefficient (Wildman–Crippen LogP) is 4.00. The summed E-state index contributed by atoms with van der Waals surface area (Å²) in [5.74, 6) is -0.770. The Labute approximate surface area is 211 Å². The second-order valence-electron chi connectivity index (χ2n) is 7.60. The Hall–Kier alpha value is -3.71. The fraction of sp³-hybridized carbons (Fsp3) is 0.182. The molecule has 1 aliphatic heterocycles. The second kappa shape index (κ2) is 10.1. The molecule has 2 heterocycles. The van der Waals surface area contributed by atoms with Crippen LogP contribution in [0.2, 0.25) is 5.02 Å². The molecule has 2 aromatic carbocycles. The van der Waals surface area contributed by atoms with Crippen molar-refractivity contribution in [2.24, 2.45) is 16.6 Å². The molecule has 0 aliphatic carbocycles. The summed E-state index contributed by atoms with van der Waals surface area (Å²) in [7, 11) is 0. The number of nitrogens with zero attached hydrogens (tertiary/aromatic N) is 4. The molecule has 1 saturated heterocycles. The zero-order valence-corrected chi connectivity index (χ0v) is 19.9. The summed E-state index contributed by atoms with van der Waals surface area (Å²) < 4.78 is 41.8. The SMILES string of the molecule is NC(N)=NOCCN1C(=O)S/C(=C\c2ccc3c(cnn3Cc3ccc(Cl)cc3C(F)(F)F)c2)C1=O. The first-order valence-electron chi connectivity index (χ1n) is 10.3. The molecule has 36 heavy (non-hydrogen) atoms. The van der Waals surface area contributed by atoms with Gasteiger partial charge in [0.15, 0.2) is 0 Å². The molecule has 0 unspecified atom stereocenters. The van der Waals surface area contributed by atoms with E-state index in [-0.39, 0.29) is 41.1 Å². The lowest BCUT2D eigenvalue weighted by atomic mass is 10.1.